The van der Waals surface area contributed by atoms with Crippen molar-refractivity contribution in [3.63, 3.8) is 0 Å². The lowest BCUT2D eigenvalue weighted by Gasteiger charge is -2.31. The first-order valence-corrected chi connectivity index (χ1v) is 6.74. The van der Waals surface area contributed by atoms with Crippen molar-refractivity contribution in [1.29, 1.82) is 5.26 Å². The number of hydrogen-bond donors (Lipinski definition) is 1. The molecule has 0 spiro atoms. The SMILES string of the molecule is CC(Oc1ccc(C#N)cc1)C(=O)N1CCC(O)CC1. The van der Waals surface area contributed by atoms with E-state index in [4.69, 9.17) is 10.00 Å². The van der Waals surface area contributed by atoms with E-state index >= 15 is 0 Å². The van der Waals surface area contributed by atoms with Crippen LogP contribution >= 0.6 is 0 Å². The van der Waals surface area contributed by atoms with Crippen LogP contribution in [0.15, 0.2) is 24.3 Å². The van der Waals surface area contributed by atoms with E-state index < -0.39 is 6.10 Å². The van der Waals surface area contributed by atoms with Crippen molar-refractivity contribution in [3.8, 4) is 11.8 Å². The maximum absolute atomic E-state index is 12.2. The number of ether oxygens (including phenoxy) is 1. The summed E-state index contributed by atoms with van der Waals surface area (Å²) in [7, 11) is 0. The second-order valence-electron chi connectivity index (χ2n) is 4.95. The van der Waals surface area contributed by atoms with E-state index in [0.29, 0.717) is 37.2 Å². The van der Waals surface area contributed by atoms with Gasteiger partial charge in [0.15, 0.2) is 6.10 Å². The van der Waals surface area contributed by atoms with Crippen LogP contribution in [0.2, 0.25) is 0 Å². The summed E-state index contributed by atoms with van der Waals surface area (Å²) in [4.78, 5) is 13.9. The van der Waals surface area contributed by atoms with Crippen molar-refractivity contribution in [1.82, 2.24) is 4.90 Å². The summed E-state index contributed by atoms with van der Waals surface area (Å²) < 4.78 is 5.59. The molecule has 1 unspecified atom stereocenters. The van der Waals surface area contributed by atoms with E-state index in [0.717, 1.165) is 0 Å². The largest absolute Gasteiger partial charge is 0.481 e. The minimum absolute atomic E-state index is 0.0683. The zero-order chi connectivity index (χ0) is 14.5. The van der Waals surface area contributed by atoms with E-state index in [2.05, 4.69) is 0 Å². The first-order chi connectivity index (χ1) is 9.60. The molecule has 1 aliphatic rings. The smallest absolute Gasteiger partial charge is 0.263 e. The number of hydrogen-bond acceptors (Lipinski definition) is 4. The van der Waals surface area contributed by atoms with Crippen LogP contribution in [0.5, 0.6) is 5.75 Å². The normalized spacial score (nSPS) is 17.4. The topological polar surface area (TPSA) is 73.6 Å². The van der Waals surface area contributed by atoms with Crippen LogP contribution in [0.3, 0.4) is 0 Å². The quantitative estimate of drug-likeness (QED) is 0.902. The molecule has 106 valence electrons. The van der Waals surface area contributed by atoms with Crippen molar-refractivity contribution in [2.45, 2.75) is 32.0 Å². The fourth-order valence-electron chi connectivity index (χ4n) is 2.21. The highest BCUT2D eigenvalue weighted by atomic mass is 16.5. The van der Waals surface area contributed by atoms with Gasteiger partial charge in [-0.2, -0.15) is 5.26 Å². The van der Waals surface area contributed by atoms with Crippen LogP contribution in [-0.2, 0) is 4.79 Å². The van der Waals surface area contributed by atoms with Crippen molar-refractivity contribution < 1.29 is 14.6 Å². The van der Waals surface area contributed by atoms with Gasteiger partial charge in [0.1, 0.15) is 5.75 Å². The molecule has 20 heavy (non-hydrogen) atoms. The summed E-state index contributed by atoms with van der Waals surface area (Å²) >= 11 is 0. The monoisotopic (exact) mass is 274 g/mol. The average Bonchev–Trinajstić information content (AvgIpc) is 2.48. The lowest BCUT2D eigenvalue weighted by molar-refractivity contribution is -0.139. The molecule has 0 aliphatic carbocycles. The molecule has 1 atom stereocenters. The number of rotatable bonds is 3. The number of carbonyl (C=O) groups excluding carboxylic acids is 1. The molecule has 1 amide bonds. The maximum Gasteiger partial charge on any atom is 0.263 e. The van der Waals surface area contributed by atoms with Crippen LogP contribution in [-0.4, -0.2) is 41.2 Å². The van der Waals surface area contributed by atoms with Gasteiger partial charge in [-0.3, -0.25) is 4.79 Å². The van der Waals surface area contributed by atoms with Crippen LogP contribution < -0.4 is 4.74 Å². The molecule has 0 saturated carbocycles. The first-order valence-electron chi connectivity index (χ1n) is 6.74. The summed E-state index contributed by atoms with van der Waals surface area (Å²) in [6.07, 6.45) is 0.372. The lowest BCUT2D eigenvalue weighted by atomic mass is 10.1. The van der Waals surface area contributed by atoms with Crippen LogP contribution in [0.1, 0.15) is 25.3 Å². The second kappa shape index (κ2) is 6.40. The fraction of sp³-hybridized carbons (Fsp3) is 0.467. The molecule has 1 heterocycles. The number of benzene rings is 1. The third kappa shape index (κ3) is 3.49. The number of carbonyl (C=O) groups is 1. The standard InChI is InChI=1S/C15H18N2O3/c1-11(15(19)17-8-6-13(18)7-9-17)20-14-4-2-12(10-16)3-5-14/h2-5,11,13,18H,6-9H2,1H3. The van der Waals surface area contributed by atoms with E-state index in [1.165, 1.54) is 0 Å². The van der Waals surface area contributed by atoms with Gasteiger partial charge in [-0.1, -0.05) is 0 Å². The zero-order valence-corrected chi connectivity index (χ0v) is 11.5. The molecule has 1 aromatic rings. The Morgan fingerprint density at radius 1 is 1.40 bits per heavy atom. The molecule has 1 fully saturated rings. The number of nitriles is 1. The number of likely N-dealkylation sites (tertiary alicyclic amines) is 1. The molecule has 1 aliphatic heterocycles. The molecule has 0 bridgehead atoms. The molecule has 0 radical (unpaired) electrons. The Balaban J connectivity index is 1.91. The zero-order valence-electron chi connectivity index (χ0n) is 11.5. The highest BCUT2D eigenvalue weighted by molar-refractivity contribution is 5.81. The van der Waals surface area contributed by atoms with Crippen molar-refractivity contribution >= 4 is 5.91 Å². The minimum Gasteiger partial charge on any atom is -0.481 e. The van der Waals surface area contributed by atoms with E-state index in [-0.39, 0.29) is 12.0 Å². The molecule has 1 aromatic carbocycles. The molecule has 5 nitrogen and oxygen atoms in total. The summed E-state index contributed by atoms with van der Waals surface area (Å²) in [6, 6.07) is 8.71. The predicted molar refractivity (Wildman–Crippen MR) is 73.1 cm³/mol. The molecular formula is C15H18N2O3. The number of aliphatic hydroxyl groups is 1. The number of aliphatic hydroxyl groups excluding tert-OH is 1. The average molecular weight is 274 g/mol. The first kappa shape index (κ1) is 14.4. The van der Waals surface area contributed by atoms with E-state index in [1.54, 1.807) is 36.1 Å². The fourth-order valence-corrected chi connectivity index (χ4v) is 2.21. The van der Waals surface area contributed by atoms with Gasteiger partial charge in [0.2, 0.25) is 0 Å². The Labute approximate surface area is 118 Å². The van der Waals surface area contributed by atoms with E-state index in [1.807, 2.05) is 6.07 Å². The van der Waals surface area contributed by atoms with E-state index in [9.17, 15) is 9.90 Å². The third-order valence-corrected chi connectivity index (χ3v) is 3.42. The van der Waals surface area contributed by atoms with Crippen LogP contribution in [0.4, 0.5) is 0 Å². The Bertz CT molecular complexity index is 499. The summed E-state index contributed by atoms with van der Waals surface area (Å²) in [6.45, 7) is 2.85. The minimum atomic E-state index is -0.571. The molecular weight excluding hydrogens is 256 g/mol. The molecule has 5 heteroatoms. The Hall–Kier alpha value is -2.06. The van der Waals surface area contributed by atoms with Gasteiger partial charge < -0.3 is 14.7 Å². The lowest BCUT2D eigenvalue weighted by Crippen LogP contribution is -2.45. The predicted octanol–water partition coefficient (Wildman–Crippen LogP) is 1.31. The maximum atomic E-state index is 12.2. The number of amides is 1. The van der Waals surface area contributed by atoms with Crippen LogP contribution in [0.25, 0.3) is 0 Å². The van der Waals surface area contributed by atoms with Crippen molar-refractivity contribution in [2.75, 3.05) is 13.1 Å². The molecule has 1 N–H and O–H groups in total. The van der Waals surface area contributed by atoms with Crippen LogP contribution in [0, 0.1) is 11.3 Å². The Morgan fingerprint density at radius 3 is 2.55 bits per heavy atom. The number of nitrogens with zero attached hydrogens (tertiary/aromatic N) is 2. The Kier molecular flexibility index (Phi) is 4.59. The highest BCUT2D eigenvalue weighted by Crippen LogP contribution is 2.16. The van der Waals surface area contributed by atoms with Gasteiger partial charge in [-0.25, -0.2) is 0 Å². The third-order valence-electron chi connectivity index (χ3n) is 3.42. The van der Waals surface area contributed by atoms with Gasteiger partial charge in [0.05, 0.1) is 17.7 Å². The molecule has 2 rings (SSSR count). The second-order valence-corrected chi connectivity index (χ2v) is 4.95. The summed E-state index contributed by atoms with van der Waals surface area (Å²) in [5.74, 6) is 0.503. The van der Waals surface area contributed by atoms with Gasteiger partial charge in [-0.05, 0) is 44.0 Å². The van der Waals surface area contributed by atoms with Crippen molar-refractivity contribution in [3.05, 3.63) is 29.8 Å². The summed E-state index contributed by atoms with van der Waals surface area (Å²) in [5, 5.41) is 18.2. The van der Waals surface area contributed by atoms with Gasteiger partial charge >= 0.3 is 0 Å². The molecule has 1 saturated heterocycles. The van der Waals surface area contributed by atoms with Gasteiger partial charge in [0, 0.05) is 13.1 Å². The Morgan fingerprint density at radius 2 is 2.00 bits per heavy atom. The van der Waals surface area contributed by atoms with Crippen molar-refractivity contribution in [2.24, 2.45) is 0 Å². The van der Waals surface area contributed by atoms with Gasteiger partial charge in [0.25, 0.3) is 5.91 Å². The highest BCUT2D eigenvalue weighted by Gasteiger charge is 2.26. The van der Waals surface area contributed by atoms with Gasteiger partial charge in [-0.15, -0.1) is 0 Å². The summed E-state index contributed by atoms with van der Waals surface area (Å²) in [5.41, 5.74) is 0.557. The molecule has 0 aromatic heterocycles. The number of piperidine rings is 1.